The highest BCUT2D eigenvalue weighted by atomic mass is 19.4. The molecule has 0 aliphatic carbocycles. The van der Waals surface area contributed by atoms with E-state index in [4.69, 9.17) is 0 Å². The first-order valence-electron chi connectivity index (χ1n) is 5.12. The van der Waals surface area contributed by atoms with Crippen molar-refractivity contribution in [1.82, 2.24) is 5.32 Å². The number of ether oxygens (including phenoxy) is 1. The number of benzene rings is 1. The zero-order valence-electron chi connectivity index (χ0n) is 9.47. The molecule has 0 aliphatic heterocycles. The highest BCUT2D eigenvalue weighted by Crippen LogP contribution is 2.23. The molecule has 2 nitrogen and oxygen atoms in total. The minimum Gasteiger partial charge on any atom is -0.406 e. The third kappa shape index (κ3) is 4.87. The minimum atomic E-state index is -4.75. The highest BCUT2D eigenvalue weighted by molar-refractivity contribution is 5.28. The Hall–Kier alpha value is -1.37. The summed E-state index contributed by atoms with van der Waals surface area (Å²) < 4.78 is 64.2. The average molecular weight is 269 g/mol. The summed E-state index contributed by atoms with van der Waals surface area (Å²) in [6.45, 7) is 0. The van der Waals surface area contributed by atoms with E-state index in [9.17, 15) is 22.0 Å². The lowest BCUT2D eigenvalue weighted by Crippen LogP contribution is -2.34. The summed E-state index contributed by atoms with van der Waals surface area (Å²) in [5, 5.41) is 2.44. The quantitative estimate of drug-likeness (QED) is 0.830. The van der Waals surface area contributed by atoms with Crippen LogP contribution >= 0.6 is 0 Å². The molecule has 7 heteroatoms. The number of hydrogen-bond acceptors (Lipinski definition) is 2. The van der Waals surface area contributed by atoms with Crippen molar-refractivity contribution >= 4 is 0 Å². The number of nitrogens with one attached hydrogen (secondary N) is 1. The molecule has 102 valence electrons. The maximum Gasteiger partial charge on any atom is 0.573 e. The van der Waals surface area contributed by atoms with E-state index < -0.39 is 18.8 Å². The normalized spacial score (nSPS) is 13.7. The minimum absolute atomic E-state index is 0.0282. The molecule has 1 unspecified atom stereocenters. The van der Waals surface area contributed by atoms with Gasteiger partial charge in [0.05, 0.1) is 6.04 Å². The molecular weight excluding hydrogens is 257 g/mol. The second-order valence-electron chi connectivity index (χ2n) is 3.63. The van der Waals surface area contributed by atoms with Gasteiger partial charge in [-0.05, 0) is 31.2 Å². The Balaban J connectivity index is 2.65. The molecule has 0 saturated heterocycles. The van der Waals surface area contributed by atoms with Crippen molar-refractivity contribution in [3.8, 4) is 5.75 Å². The molecule has 1 aromatic rings. The SMILES string of the molecule is CNC(Cc1ccc(OC(F)(F)F)cc1)C(F)F. The lowest BCUT2D eigenvalue weighted by Gasteiger charge is -2.15. The Morgan fingerprint density at radius 1 is 1.17 bits per heavy atom. The van der Waals surface area contributed by atoms with Gasteiger partial charge in [0, 0.05) is 0 Å². The molecule has 0 amide bonds. The Bertz CT molecular complexity index is 363. The van der Waals surface area contributed by atoms with Crippen LogP contribution in [0.4, 0.5) is 22.0 Å². The van der Waals surface area contributed by atoms with Crippen LogP contribution in [0.5, 0.6) is 5.75 Å². The monoisotopic (exact) mass is 269 g/mol. The molecule has 0 heterocycles. The molecule has 0 radical (unpaired) electrons. The Labute approximate surface area is 101 Å². The first-order valence-corrected chi connectivity index (χ1v) is 5.12. The van der Waals surface area contributed by atoms with Gasteiger partial charge in [0.1, 0.15) is 5.75 Å². The van der Waals surface area contributed by atoms with Crippen LogP contribution in [0.15, 0.2) is 24.3 Å². The second-order valence-corrected chi connectivity index (χ2v) is 3.63. The van der Waals surface area contributed by atoms with Gasteiger partial charge < -0.3 is 10.1 Å². The highest BCUT2D eigenvalue weighted by Gasteiger charge is 2.31. The fourth-order valence-electron chi connectivity index (χ4n) is 1.40. The van der Waals surface area contributed by atoms with Crippen molar-refractivity contribution in [1.29, 1.82) is 0 Å². The fraction of sp³-hybridized carbons (Fsp3) is 0.455. The summed E-state index contributed by atoms with van der Waals surface area (Å²) >= 11 is 0. The second kappa shape index (κ2) is 5.99. The van der Waals surface area contributed by atoms with Gasteiger partial charge in [0.2, 0.25) is 0 Å². The molecule has 0 spiro atoms. The smallest absolute Gasteiger partial charge is 0.406 e. The van der Waals surface area contributed by atoms with Crippen LogP contribution in [0.25, 0.3) is 0 Å². The van der Waals surface area contributed by atoms with E-state index in [1.165, 1.54) is 19.2 Å². The first kappa shape index (κ1) is 14.7. The Kier molecular flexibility index (Phi) is 4.89. The summed E-state index contributed by atoms with van der Waals surface area (Å²) in [6, 6.07) is 3.82. The van der Waals surface area contributed by atoms with Crippen LogP contribution in [0, 0.1) is 0 Å². The van der Waals surface area contributed by atoms with Gasteiger partial charge in [0.15, 0.2) is 0 Å². The van der Waals surface area contributed by atoms with Crippen LogP contribution in [0.1, 0.15) is 5.56 Å². The third-order valence-electron chi connectivity index (χ3n) is 2.29. The van der Waals surface area contributed by atoms with Gasteiger partial charge in [0.25, 0.3) is 6.43 Å². The zero-order chi connectivity index (χ0) is 13.8. The zero-order valence-corrected chi connectivity index (χ0v) is 9.47. The first-order chi connectivity index (χ1) is 8.31. The molecule has 0 bridgehead atoms. The standard InChI is InChI=1S/C11H12F5NO/c1-17-9(10(12)13)6-7-2-4-8(5-3-7)18-11(14,15)16/h2-5,9-10,17H,6H2,1H3. The van der Waals surface area contributed by atoms with Crippen molar-refractivity contribution in [2.24, 2.45) is 0 Å². The van der Waals surface area contributed by atoms with Crippen LogP contribution < -0.4 is 10.1 Å². The van der Waals surface area contributed by atoms with E-state index in [0.29, 0.717) is 5.56 Å². The fourth-order valence-corrected chi connectivity index (χ4v) is 1.40. The maximum atomic E-state index is 12.5. The molecule has 0 saturated carbocycles. The van der Waals surface area contributed by atoms with Crippen molar-refractivity contribution in [2.45, 2.75) is 25.3 Å². The van der Waals surface area contributed by atoms with Gasteiger partial charge in [-0.15, -0.1) is 13.2 Å². The number of rotatable bonds is 5. The number of halogens is 5. The van der Waals surface area contributed by atoms with Crippen LogP contribution in [0.2, 0.25) is 0 Å². The van der Waals surface area contributed by atoms with E-state index in [-0.39, 0.29) is 12.2 Å². The topological polar surface area (TPSA) is 21.3 Å². The van der Waals surface area contributed by atoms with Gasteiger partial charge in [-0.2, -0.15) is 0 Å². The van der Waals surface area contributed by atoms with Crippen molar-refractivity contribution in [2.75, 3.05) is 7.05 Å². The van der Waals surface area contributed by atoms with Gasteiger partial charge in [-0.3, -0.25) is 0 Å². The van der Waals surface area contributed by atoms with Crippen LogP contribution in [-0.4, -0.2) is 25.9 Å². The lowest BCUT2D eigenvalue weighted by molar-refractivity contribution is -0.274. The lowest BCUT2D eigenvalue weighted by atomic mass is 10.1. The Morgan fingerprint density at radius 2 is 1.72 bits per heavy atom. The summed E-state index contributed by atoms with van der Waals surface area (Å²) in [5.41, 5.74) is 0.504. The van der Waals surface area contributed by atoms with Crippen LogP contribution in [0.3, 0.4) is 0 Å². The van der Waals surface area contributed by atoms with Gasteiger partial charge in [-0.1, -0.05) is 12.1 Å². The third-order valence-corrected chi connectivity index (χ3v) is 2.29. The molecule has 0 aromatic heterocycles. The van der Waals surface area contributed by atoms with E-state index in [1.54, 1.807) is 0 Å². The van der Waals surface area contributed by atoms with Crippen molar-refractivity contribution in [3.63, 3.8) is 0 Å². The summed E-state index contributed by atoms with van der Waals surface area (Å²) in [5.74, 6) is -0.371. The number of alkyl halides is 5. The van der Waals surface area contributed by atoms with Crippen molar-refractivity contribution < 1.29 is 26.7 Å². The van der Waals surface area contributed by atoms with Gasteiger partial charge in [-0.25, -0.2) is 8.78 Å². The van der Waals surface area contributed by atoms with Crippen molar-refractivity contribution in [3.05, 3.63) is 29.8 Å². The average Bonchev–Trinajstić information content (AvgIpc) is 2.25. The molecule has 1 N–H and O–H groups in total. The predicted octanol–water partition coefficient (Wildman–Crippen LogP) is 2.98. The Morgan fingerprint density at radius 3 is 2.11 bits per heavy atom. The largest absolute Gasteiger partial charge is 0.573 e. The molecule has 1 atom stereocenters. The predicted molar refractivity (Wildman–Crippen MR) is 55.7 cm³/mol. The maximum absolute atomic E-state index is 12.5. The number of likely N-dealkylation sites (N-methyl/N-ethyl adjacent to an activating group) is 1. The van der Waals surface area contributed by atoms with E-state index in [2.05, 4.69) is 10.1 Å². The number of hydrogen-bond donors (Lipinski definition) is 1. The molecule has 0 aliphatic rings. The summed E-state index contributed by atoms with van der Waals surface area (Å²) in [7, 11) is 1.40. The molecule has 1 aromatic carbocycles. The van der Waals surface area contributed by atoms with E-state index in [0.717, 1.165) is 12.1 Å². The summed E-state index contributed by atoms with van der Waals surface area (Å²) in [4.78, 5) is 0. The molecule has 0 fully saturated rings. The van der Waals surface area contributed by atoms with Crippen LogP contribution in [-0.2, 0) is 6.42 Å². The molecular formula is C11H12F5NO. The molecule has 1 rings (SSSR count). The van der Waals surface area contributed by atoms with E-state index in [1.807, 2.05) is 0 Å². The van der Waals surface area contributed by atoms with Gasteiger partial charge >= 0.3 is 6.36 Å². The molecule has 18 heavy (non-hydrogen) atoms. The van der Waals surface area contributed by atoms with E-state index >= 15 is 0 Å². The summed E-state index contributed by atoms with van der Waals surface area (Å²) in [6.07, 6.45) is -7.26.